The van der Waals surface area contributed by atoms with E-state index in [1.165, 1.54) is 23.4 Å². The maximum atomic E-state index is 12.3. The number of aryl methyl sites for hydroxylation is 2. The Balaban J connectivity index is 1.39. The molecule has 1 aromatic carbocycles. The van der Waals surface area contributed by atoms with Gasteiger partial charge in [0.2, 0.25) is 12.7 Å². The van der Waals surface area contributed by atoms with Gasteiger partial charge in [0.25, 0.3) is 0 Å². The number of carbonyl (C=O) groups excluding carboxylic acids is 1. The predicted molar refractivity (Wildman–Crippen MR) is 91.6 cm³/mol. The number of rotatable bonds is 4. The van der Waals surface area contributed by atoms with Gasteiger partial charge in [-0.05, 0) is 50.3 Å². The maximum Gasteiger partial charge on any atom is 0.231 e. The van der Waals surface area contributed by atoms with E-state index < -0.39 is 0 Å². The molecule has 1 aliphatic carbocycles. The van der Waals surface area contributed by atoms with E-state index in [1.54, 1.807) is 11.3 Å². The van der Waals surface area contributed by atoms with Crippen molar-refractivity contribution < 1.29 is 14.3 Å². The van der Waals surface area contributed by atoms with Gasteiger partial charge in [0.15, 0.2) is 11.5 Å². The van der Waals surface area contributed by atoms with Crippen molar-refractivity contribution in [2.75, 3.05) is 6.79 Å². The number of fused-ring (bicyclic) bond motifs is 2. The van der Waals surface area contributed by atoms with E-state index in [9.17, 15) is 4.79 Å². The Morgan fingerprint density at radius 3 is 3.00 bits per heavy atom. The first kappa shape index (κ1) is 15.4. The highest BCUT2D eigenvalue weighted by Crippen LogP contribution is 2.33. The summed E-state index contributed by atoms with van der Waals surface area (Å²) >= 11 is 1.75. The molecule has 1 N–H and O–H groups in total. The number of nitrogens with one attached hydrogen (secondary N) is 1. The molecule has 5 nitrogen and oxygen atoms in total. The molecule has 6 heteroatoms. The Hall–Kier alpha value is -2.08. The van der Waals surface area contributed by atoms with Gasteiger partial charge in [0.1, 0.15) is 5.01 Å². The van der Waals surface area contributed by atoms with Crippen LogP contribution in [-0.4, -0.2) is 17.7 Å². The molecule has 2 aromatic rings. The third-order valence-electron chi connectivity index (χ3n) is 4.41. The van der Waals surface area contributed by atoms with Crippen LogP contribution in [-0.2, 0) is 24.1 Å². The average molecular weight is 344 g/mol. The Kier molecular flexibility index (Phi) is 4.14. The number of carbonyl (C=O) groups is 1. The van der Waals surface area contributed by atoms with E-state index >= 15 is 0 Å². The van der Waals surface area contributed by atoms with Crippen LogP contribution in [0.25, 0.3) is 0 Å². The second kappa shape index (κ2) is 6.43. The van der Waals surface area contributed by atoms with E-state index in [2.05, 4.69) is 5.32 Å². The van der Waals surface area contributed by atoms with Crippen molar-refractivity contribution in [1.82, 2.24) is 10.3 Å². The second-order valence-corrected chi connectivity index (χ2v) is 7.40. The van der Waals surface area contributed by atoms with Gasteiger partial charge in [0.05, 0.1) is 18.2 Å². The van der Waals surface area contributed by atoms with E-state index in [0.717, 1.165) is 29.2 Å². The second-order valence-electron chi connectivity index (χ2n) is 6.28. The summed E-state index contributed by atoms with van der Waals surface area (Å²) < 4.78 is 10.6. The number of nitrogens with zero attached hydrogens (tertiary/aromatic N) is 1. The summed E-state index contributed by atoms with van der Waals surface area (Å²) in [5.74, 6) is 1.44. The van der Waals surface area contributed by atoms with Gasteiger partial charge in [-0.3, -0.25) is 4.79 Å². The van der Waals surface area contributed by atoms with Crippen LogP contribution < -0.4 is 14.8 Å². The monoisotopic (exact) mass is 344 g/mol. The Morgan fingerprint density at radius 2 is 2.12 bits per heavy atom. The van der Waals surface area contributed by atoms with Crippen LogP contribution in [0.5, 0.6) is 11.5 Å². The number of hydrogen-bond donors (Lipinski definition) is 1. The predicted octanol–water partition coefficient (Wildman–Crippen LogP) is 3.17. The first-order valence-corrected chi connectivity index (χ1v) is 9.17. The van der Waals surface area contributed by atoms with Crippen LogP contribution in [0, 0.1) is 0 Å². The van der Waals surface area contributed by atoms with Gasteiger partial charge in [-0.1, -0.05) is 6.07 Å². The van der Waals surface area contributed by atoms with E-state index in [0.29, 0.717) is 12.2 Å². The topological polar surface area (TPSA) is 60.5 Å². The van der Waals surface area contributed by atoms with Crippen molar-refractivity contribution in [3.8, 4) is 11.5 Å². The van der Waals surface area contributed by atoms with E-state index in [4.69, 9.17) is 14.5 Å². The van der Waals surface area contributed by atoms with Crippen molar-refractivity contribution in [3.05, 3.63) is 39.3 Å². The molecule has 2 aliphatic rings. The molecule has 24 heavy (non-hydrogen) atoms. The fourth-order valence-corrected chi connectivity index (χ4v) is 4.30. The van der Waals surface area contributed by atoms with Crippen molar-refractivity contribution in [2.24, 2.45) is 0 Å². The molecule has 1 atom stereocenters. The molecular formula is C18H20N2O3S. The van der Waals surface area contributed by atoms with Crippen LogP contribution in [0.15, 0.2) is 18.2 Å². The van der Waals surface area contributed by atoms with E-state index in [-0.39, 0.29) is 18.7 Å². The first-order valence-electron chi connectivity index (χ1n) is 8.35. The minimum absolute atomic E-state index is 0.00506. The van der Waals surface area contributed by atoms with Gasteiger partial charge in [-0.2, -0.15) is 0 Å². The summed E-state index contributed by atoms with van der Waals surface area (Å²) in [5, 5.41) is 4.07. The van der Waals surface area contributed by atoms with Gasteiger partial charge in [0, 0.05) is 4.88 Å². The number of thiazole rings is 1. The van der Waals surface area contributed by atoms with Crippen molar-refractivity contribution in [3.63, 3.8) is 0 Å². The van der Waals surface area contributed by atoms with Crippen LogP contribution in [0.3, 0.4) is 0 Å². The lowest BCUT2D eigenvalue weighted by Gasteiger charge is -2.11. The molecule has 1 aromatic heterocycles. The fourth-order valence-electron chi connectivity index (χ4n) is 3.15. The minimum Gasteiger partial charge on any atom is -0.454 e. The summed E-state index contributed by atoms with van der Waals surface area (Å²) in [5.41, 5.74) is 2.15. The quantitative estimate of drug-likeness (QED) is 0.925. The van der Waals surface area contributed by atoms with Crippen LogP contribution in [0.1, 0.15) is 46.9 Å². The number of amides is 1. The summed E-state index contributed by atoms with van der Waals surface area (Å²) in [6.07, 6.45) is 5.00. The number of aromatic nitrogens is 1. The number of ether oxygens (including phenoxy) is 2. The zero-order valence-corrected chi connectivity index (χ0v) is 14.4. The summed E-state index contributed by atoms with van der Waals surface area (Å²) in [6, 6.07) is 5.57. The molecule has 0 fully saturated rings. The Morgan fingerprint density at radius 1 is 1.29 bits per heavy atom. The smallest absolute Gasteiger partial charge is 0.231 e. The fraction of sp³-hybridized carbons (Fsp3) is 0.444. The van der Waals surface area contributed by atoms with Gasteiger partial charge in [-0.15, -0.1) is 11.3 Å². The molecular weight excluding hydrogens is 324 g/mol. The standard InChI is InChI=1S/C18H20N2O3S/c1-11(18-20-13-4-2-3-5-16(13)24-18)19-17(21)9-12-6-7-14-15(8-12)23-10-22-14/h6-8,11H,2-5,9-10H2,1H3,(H,19,21). The molecule has 1 aliphatic heterocycles. The summed E-state index contributed by atoms with van der Waals surface area (Å²) in [4.78, 5) is 18.5. The molecule has 0 saturated heterocycles. The zero-order chi connectivity index (χ0) is 16.5. The van der Waals surface area contributed by atoms with Gasteiger partial charge in [-0.25, -0.2) is 4.98 Å². The molecule has 2 heterocycles. The third kappa shape index (κ3) is 3.11. The SMILES string of the molecule is CC(NC(=O)Cc1ccc2c(c1)OCO2)c1nc2c(s1)CCCC2. The van der Waals surface area contributed by atoms with Gasteiger partial charge < -0.3 is 14.8 Å². The molecule has 4 rings (SSSR count). The van der Waals surface area contributed by atoms with Crippen molar-refractivity contribution >= 4 is 17.2 Å². The Labute approximate surface area is 145 Å². The van der Waals surface area contributed by atoms with E-state index in [1.807, 2.05) is 25.1 Å². The molecule has 0 saturated carbocycles. The highest BCUT2D eigenvalue weighted by Gasteiger charge is 2.20. The molecule has 0 radical (unpaired) electrons. The Bertz CT molecular complexity index is 748. The van der Waals surface area contributed by atoms with Crippen LogP contribution >= 0.6 is 11.3 Å². The maximum absolute atomic E-state index is 12.3. The van der Waals surface area contributed by atoms with Crippen LogP contribution in [0.2, 0.25) is 0 Å². The summed E-state index contributed by atoms with van der Waals surface area (Å²) in [6.45, 7) is 2.25. The number of hydrogen-bond acceptors (Lipinski definition) is 5. The van der Waals surface area contributed by atoms with Crippen molar-refractivity contribution in [1.29, 1.82) is 0 Å². The van der Waals surface area contributed by atoms with Gasteiger partial charge >= 0.3 is 0 Å². The van der Waals surface area contributed by atoms with Crippen molar-refractivity contribution in [2.45, 2.75) is 45.1 Å². The molecule has 1 unspecified atom stereocenters. The lowest BCUT2D eigenvalue weighted by atomic mass is 10.0. The zero-order valence-electron chi connectivity index (χ0n) is 13.6. The summed E-state index contributed by atoms with van der Waals surface area (Å²) in [7, 11) is 0. The number of benzene rings is 1. The first-order chi connectivity index (χ1) is 11.7. The molecule has 0 bridgehead atoms. The highest BCUT2D eigenvalue weighted by molar-refractivity contribution is 7.11. The lowest BCUT2D eigenvalue weighted by Crippen LogP contribution is -2.28. The molecule has 126 valence electrons. The third-order valence-corrected chi connectivity index (χ3v) is 5.75. The van der Waals surface area contributed by atoms with Crippen LogP contribution in [0.4, 0.5) is 0 Å². The average Bonchev–Trinajstić information content (AvgIpc) is 3.20. The minimum atomic E-state index is -0.0536. The highest BCUT2D eigenvalue weighted by atomic mass is 32.1. The largest absolute Gasteiger partial charge is 0.454 e. The lowest BCUT2D eigenvalue weighted by molar-refractivity contribution is -0.121. The molecule has 0 spiro atoms. The normalized spacial score (nSPS) is 16.5. The molecule has 1 amide bonds.